The zero-order chi connectivity index (χ0) is 11.2. The molecule has 1 aromatic heterocycles. The quantitative estimate of drug-likeness (QED) is 0.579. The van der Waals surface area contributed by atoms with Crippen LogP contribution in [0.3, 0.4) is 0 Å². The molecule has 88 valence electrons. The van der Waals surface area contributed by atoms with Crippen molar-refractivity contribution in [2.75, 3.05) is 0 Å². The highest BCUT2D eigenvalue weighted by atomic mass is 16.3. The molecular formula is C12H19N3O. The summed E-state index contributed by atoms with van der Waals surface area (Å²) in [4.78, 5) is 11.0. The molecule has 4 nitrogen and oxygen atoms in total. The summed E-state index contributed by atoms with van der Waals surface area (Å²) in [5, 5.41) is 7.46. The highest BCUT2D eigenvalue weighted by molar-refractivity contribution is 4.83. The second kappa shape index (κ2) is 5.77. The first kappa shape index (κ1) is 11.3. The summed E-state index contributed by atoms with van der Waals surface area (Å²) in [5.74, 6) is 0.462. The zero-order valence-corrected chi connectivity index (χ0v) is 9.59. The number of nitrogens with zero attached hydrogens (tertiary/aromatic N) is 3. The van der Waals surface area contributed by atoms with Crippen LogP contribution in [0.25, 0.3) is 0 Å². The van der Waals surface area contributed by atoms with Gasteiger partial charge in [-0.1, -0.05) is 30.9 Å². The maximum atomic E-state index is 11.0. The van der Waals surface area contributed by atoms with Gasteiger partial charge < -0.3 is 0 Å². The van der Waals surface area contributed by atoms with Crippen molar-refractivity contribution in [3.63, 3.8) is 0 Å². The molecule has 1 aliphatic carbocycles. The Bertz CT molecular complexity index is 302. The van der Waals surface area contributed by atoms with Crippen LogP contribution in [0.5, 0.6) is 0 Å². The van der Waals surface area contributed by atoms with Crippen LogP contribution in [0.15, 0.2) is 23.6 Å². The number of hydrogen-bond donors (Lipinski definition) is 0. The molecule has 1 aliphatic rings. The molecular weight excluding hydrogens is 202 g/mol. The van der Waals surface area contributed by atoms with Crippen molar-refractivity contribution in [1.82, 2.24) is 9.78 Å². The molecule has 1 heterocycles. The molecule has 2 rings (SSSR count). The van der Waals surface area contributed by atoms with Gasteiger partial charge in [-0.05, 0) is 24.8 Å². The molecule has 1 saturated carbocycles. The molecule has 1 atom stereocenters. The number of hydrogen-bond acceptors (Lipinski definition) is 3. The standard InChI is InChI=1S/C12H19N3O/c16-14-12(10-15-9-5-8-13-15)11-6-3-1-2-4-7-11/h5,8-9,11-12H,1-4,6-7,10H2. The van der Waals surface area contributed by atoms with Gasteiger partial charge in [0.25, 0.3) is 0 Å². The summed E-state index contributed by atoms with van der Waals surface area (Å²) in [5.41, 5.74) is 0. The summed E-state index contributed by atoms with van der Waals surface area (Å²) in [6.07, 6.45) is 11.1. The van der Waals surface area contributed by atoms with E-state index in [1.807, 2.05) is 16.9 Å². The first-order valence-electron chi connectivity index (χ1n) is 6.20. The first-order valence-corrected chi connectivity index (χ1v) is 6.20. The van der Waals surface area contributed by atoms with Gasteiger partial charge in [0, 0.05) is 12.4 Å². The normalized spacial score (nSPS) is 20.2. The van der Waals surface area contributed by atoms with Gasteiger partial charge in [0.05, 0.1) is 6.54 Å². The maximum Gasteiger partial charge on any atom is 0.114 e. The third-order valence-corrected chi connectivity index (χ3v) is 3.51. The molecule has 16 heavy (non-hydrogen) atoms. The van der Waals surface area contributed by atoms with Crippen LogP contribution in [0, 0.1) is 10.8 Å². The largest absolute Gasteiger partial charge is 0.270 e. The Hall–Kier alpha value is -1.19. The van der Waals surface area contributed by atoms with Crippen molar-refractivity contribution in [3.8, 4) is 0 Å². The van der Waals surface area contributed by atoms with Crippen molar-refractivity contribution in [2.24, 2.45) is 11.1 Å². The Labute approximate surface area is 96.0 Å². The van der Waals surface area contributed by atoms with Crippen LogP contribution < -0.4 is 0 Å². The van der Waals surface area contributed by atoms with Crippen LogP contribution in [-0.2, 0) is 6.54 Å². The Balaban J connectivity index is 1.95. The van der Waals surface area contributed by atoms with Gasteiger partial charge in [0.15, 0.2) is 0 Å². The molecule has 4 heteroatoms. The van der Waals surface area contributed by atoms with Crippen molar-refractivity contribution in [1.29, 1.82) is 0 Å². The van der Waals surface area contributed by atoms with E-state index < -0.39 is 0 Å². The number of rotatable bonds is 4. The van der Waals surface area contributed by atoms with E-state index >= 15 is 0 Å². The number of aromatic nitrogens is 2. The predicted octanol–water partition coefficient (Wildman–Crippen LogP) is 2.99. The predicted molar refractivity (Wildman–Crippen MR) is 63.0 cm³/mol. The van der Waals surface area contributed by atoms with E-state index in [9.17, 15) is 4.91 Å². The van der Waals surface area contributed by atoms with E-state index in [1.54, 1.807) is 6.20 Å². The molecule has 0 N–H and O–H groups in total. The fourth-order valence-electron chi connectivity index (χ4n) is 2.56. The Morgan fingerprint density at radius 2 is 2.06 bits per heavy atom. The Morgan fingerprint density at radius 1 is 1.31 bits per heavy atom. The highest BCUT2D eigenvalue weighted by Gasteiger charge is 2.23. The minimum absolute atomic E-state index is 0.0991. The van der Waals surface area contributed by atoms with Gasteiger partial charge in [-0.25, -0.2) is 0 Å². The van der Waals surface area contributed by atoms with Gasteiger partial charge in [-0.2, -0.15) is 10.0 Å². The third kappa shape index (κ3) is 2.90. The molecule has 0 bridgehead atoms. The second-order valence-electron chi connectivity index (χ2n) is 4.65. The number of nitroso groups, excluding NO2 is 1. The average molecular weight is 221 g/mol. The molecule has 0 amide bonds. The van der Waals surface area contributed by atoms with Gasteiger partial charge in [0.2, 0.25) is 0 Å². The molecule has 0 saturated heterocycles. The van der Waals surface area contributed by atoms with Gasteiger partial charge in [-0.15, -0.1) is 0 Å². The van der Waals surface area contributed by atoms with Gasteiger partial charge in [-0.3, -0.25) is 4.68 Å². The Morgan fingerprint density at radius 3 is 2.62 bits per heavy atom. The van der Waals surface area contributed by atoms with Gasteiger partial charge in [0.1, 0.15) is 6.04 Å². The molecule has 0 aromatic carbocycles. The molecule has 0 aliphatic heterocycles. The van der Waals surface area contributed by atoms with Crippen LogP contribution in [0.4, 0.5) is 0 Å². The van der Waals surface area contributed by atoms with E-state index in [4.69, 9.17) is 0 Å². The lowest BCUT2D eigenvalue weighted by molar-refractivity contribution is 0.333. The maximum absolute atomic E-state index is 11.0. The molecule has 1 unspecified atom stereocenters. The van der Waals surface area contributed by atoms with E-state index in [1.165, 1.54) is 25.7 Å². The van der Waals surface area contributed by atoms with Crippen molar-refractivity contribution in [3.05, 3.63) is 23.4 Å². The fourth-order valence-corrected chi connectivity index (χ4v) is 2.56. The average Bonchev–Trinajstić information content (AvgIpc) is 2.67. The second-order valence-corrected chi connectivity index (χ2v) is 4.65. The molecule has 0 spiro atoms. The van der Waals surface area contributed by atoms with Gasteiger partial charge >= 0.3 is 0 Å². The van der Waals surface area contributed by atoms with E-state index in [2.05, 4.69) is 10.3 Å². The van der Waals surface area contributed by atoms with Crippen LogP contribution in [0.2, 0.25) is 0 Å². The van der Waals surface area contributed by atoms with E-state index in [0.29, 0.717) is 12.5 Å². The summed E-state index contributed by atoms with van der Waals surface area (Å²) in [6.45, 7) is 0.640. The minimum atomic E-state index is -0.0991. The third-order valence-electron chi connectivity index (χ3n) is 3.51. The highest BCUT2D eigenvalue weighted by Crippen LogP contribution is 2.27. The summed E-state index contributed by atoms with van der Waals surface area (Å²) >= 11 is 0. The van der Waals surface area contributed by atoms with E-state index in [-0.39, 0.29) is 6.04 Å². The van der Waals surface area contributed by atoms with E-state index in [0.717, 1.165) is 12.8 Å². The zero-order valence-electron chi connectivity index (χ0n) is 9.59. The van der Waals surface area contributed by atoms with Crippen LogP contribution in [0.1, 0.15) is 38.5 Å². The lowest BCUT2D eigenvalue weighted by Gasteiger charge is -2.19. The Kier molecular flexibility index (Phi) is 4.08. The van der Waals surface area contributed by atoms with Crippen LogP contribution >= 0.6 is 0 Å². The van der Waals surface area contributed by atoms with Crippen molar-refractivity contribution >= 4 is 0 Å². The topological polar surface area (TPSA) is 47.2 Å². The van der Waals surface area contributed by atoms with Crippen molar-refractivity contribution < 1.29 is 0 Å². The smallest absolute Gasteiger partial charge is 0.114 e. The van der Waals surface area contributed by atoms with Crippen molar-refractivity contribution in [2.45, 2.75) is 51.1 Å². The summed E-state index contributed by atoms with van der Waals surface area (Å²) < 4.78 is 1.82. The monoisotopic (exact) mass is 221 g/mol. The minimum Gasteiger partial charge on any atom is -0.270 e. The molecule has 1 aromatic rings. The lowest BCUT2D eigenvalue weighted by atomic mass is 9.92. The first-order chi connectivity index (χ1) is 7.90. The summed E-state index contributed by atoms with van der Waals surface area (Å²) in [6, 6.07) is 1.78. The fraction of sp³-hybridized carbons (Fsp3) is 0.750. The van der Waals surface area contributed by atoms with Crippen LogP contribution in [-0.4, -0.2) is 15.8 Å². The molecule has 0 radical (unpaired) electrons. The lowest BCUT2D eigenvalue weighted by Crippen LogP contribution is -2.24. The SMILES string of the molecule is O=NC(Cn1cccn1)C1CCCCCC1. The summed E-state index contributed by atoms with van der Waals surface area (Å²) in [7, 11) is 0. The molecule has 1 fully saturated rings.